The van der Waals surface area contributed by atoms with Gasteiger partial charge in [-0.1, -0.05) is 32.1 Å². The van der Waals surface area contributed by atoms with E-state index in [0.29, 0.717) is 13.0 Å². The Bertz CT molecular complexity index is 163. The second-order valence-electron chi connectivity index (χ2n) is 4.66. The van der Waals surface area contributed by atoms with E-state index in [-0.39, 0.29) is 13.2 Å². The molecule has 1 atom stereocenters. The predicted octanol–water partition coefficient (Wildman–Crippen LogP) is 0.788. The Hall–Kier alpha value is -0.200. The molecule has 0 aromatic rings. The van der Waals surface area contributed by atoms with Gasteiger partial charge >= 0.3 is 0 Å². The topological polar surface area (TPSA) is 90.2 Å². The Morgan fingerprint density at radius 3 is 1.89 bits per heavy atom. The van der Waals surface area contributed by atoms with Crippen LogP contribution in [0, 0.1) is 0 Å². The minimum absolute atomic E-state index is 0.208. The molecule has 0 amide bonds. The monoisotopic (exact) mass is 264 g/mol. The minimum atomic E-state index is -1.16. The van der Waals surface area contributed by atoms with Crippen LogP contribution >= 0.6 is 0 Å². The molecule has 0 fully saturated rings. The highest BCUT2D eigenvalue weighted by atomic mass is 16.5. The first-order chi connectivity index (χ1) is 8.66. The molecule has 0 saturated heterocycles. The Balaban J connectivity index is 2.99. The van der Waals surface area contributed by atoms with E-state index in [1.165, 1.54) is 6.42 Å². The third-order valence-electron chi connectivity index (χ3n) is 2.77. The third-order valence-corrected chi connectivity index (χ3v) is 2.77. The molecule has 1 unspecified atom stereocenters. The maximum Gasteiger partial charge on any atom is 0.151 e. The summed E-state index contributed by atoms with van der Waals surface area (Å²) >= 11 is 0. The first-order valence-corrected chi connectivity index (χ1v) is 6.89. The van der Waals surface area contributed by atoms with E-state index in [1.807, 2.05) is 0 Å². The quantitative estimate of drug-likeness (QED) is 0.292. The van der Waals surface area contributed by atoms with Gasteiger partial charge in [0.15, 0.2) is 6.29 Å². The van der Waals surface area contributed by atoms with Crippen LogP contribution in [0.1, 0.15) is 51.4 Å². The standard InChI is InChI=1S/C13H28O5/c14-10-12(15)11-18-9-7-5-3-1-2-4-6-8-13(16)17/h12-17H,1-11H2. The van der Waals surface area contributed by atoms with Gasteiger partial charge in [-0.25, -0.2) is 0 Å². The van der Waals surface area contributed by atoms with Crippen molar-refractivity contribution >= 4 is 0 Å². The van der Waals surface area contributed by atoms with Crippen LogP contribution in [-0.4, -0.2) is 52.6 Å². The largest absolute Gasteiger partial charge is 0.394 e. The van der Waals surface area contributed by atoms with Crippen LogP contribution in [0.4, 0.5) is 0 Å². The molecular formula is C13H28O5. The smallest absolute Gasteiger partial charge is 0.151 e. The Labute approximate surface area is 109 Å². The lowest BCUT2D eigenvalue weighted by atomic mass is 10.1. The number of aliphatic hydroxyl groups excluding tert-OH is 3. The maximum atomic E-state index is 9.01. The van der Waals surface area contributed by atoms with Crippen LogP contribution in [0.3, 0.4) is 0 Å². The van der Waals surface area contributed by atoms with E-state index in [1.54, 1.807) is 0 Å². The lowest BCUT2D eigenvalue weighted by Gasteiger charge is -2.08. The molecule has 0 aromatic carbocycles. The molecule has 110 valence electrons. The number of rotatable bonds is 13. The van der Waals surface area contributed by atoms with Crippen molar-refractivity contribution in [3.63, 3.8) is 0 Å². The van der Waals surface area contributed by atoms with Crippen LogP contribution in [-0.2, 0) is 4.74 Å². The second-order valence-corrected chi connectivity index (χ2v) is 4.66. The maximum absolute atomic E-state index is 9.01. The summed E-state index contributed by atoms with van der Waals surface area (Å²) in [6, 6.07) is 0. The summed E-state index contributed by atoms with van der Waals surface area (Å²) in [5.74, 6) is 0. The van der Waals surface area contributed by atoms with Crippen LogP contribution < -0.4 is 0 Å². The summed E-state index contributed by atoms with van der Waals surface area (Å²) in [7, 11) is 0. The molecule has 0 aromatic heterocycles. The van der Waals surface area contributed by atoms with E-state index in [9.17, 15) is 0 Å². The molecule has 0 aliphatic carbocycles. The minimum Gasteiger partial charge on any atom is -0.394 e. The zero-order chi connectivity index (χ0) is 13.6. The molecule has 0 radical (unpaired) electrons. The molecular weight excluding hydrogens is 236 g/mol. The van der Waals surface area contributed by atoms with E-state index in [2.05, 4.69) is 0 Å². The summed E-state index contributed by atoms with van der Waals surface area (Å²) in [5, 5.41) is 34.8. The fourth-order valence-electron chi connectivity index (χ4n) is 1.69. The van der Waals surface area contributed by atoms with Crippen molar-refractivity contribution in [2.24, 2.45) is 0 Å². The summed E-state index contributed by atoms with van der Waals surface area (Å²) in [4.78, 5) is 0. The highest BCUT2D eigenvalue weighted by Crippen LogP contribution is 2.09. The van der Waals surface area contributed by atoms with E-state index in [0.717, 1.165) is 38.5 Å². The third kappa shape index (κ3) is 13.9. The summed E-state index contributed by atoms with van der Waals surface area (Å²) in [5.41, 5.74) is 0. The van der Waals surface area contributed by atoms with E-state index >= 15 is 0 Å². The average molecular weight is 264 g/mol. The molecule has 0 spiro atoms. The summed E-state index contributed by atoms with van der Waals surface area (Å²) in [6.07, 6.45) is 6.04. The SMILES string of the molecule is OCC(O)COCCCCCCCCCC(O)O. The number of ether oxygens (including phenoxy) is 1. The molecule has 4 N–H and O–H groups in total. The molecule has 5 heteroatoms. The molecule has 0 aliphatic rings. The first-order valence-electron chi connectivity index (χ1n) is 6.89. The highest BCUT2D eigenvalue weighted by molar-refractivity contribution is 4.50. The Kier molecular flexibility index (Phi) is 13.1. The number of hydrogen-bond donors (Lipinski definition) is 4. The van der Waals surface area contributed by atoms with Crippen molar-refractivity contribution in [1.29, 1.82) is 0 Å². The Morgan fingerprint density at radius 1 is 0.778 bits per heavy atom. The van der Waals surface area contributed by atoms with Gasteiger partial charge in [-0.05, 0) is 19.3 Å². The highest BCUT2D eigenvalue weighted by Gasteiger charge is 2.00. The van der Waals surface area contributed by atoms with Crippen LogP contribution in [0.25, 0.3) is 0 Å². The van der Waals surface area contributed by atoms with Gasteiger partial charge in [0.25, 0.3) is 0 Å². The molecule has 0 aliphatic heterocycles. The zero-order valence-electron chi connectivity index (χ0n) is 11.1. The van der Waals surface area contributed by atoms with Crippen molar-refractivity contribution in [2.45, 2.75) is 63.8 Å². The van der Waals surface area contributed by atoms with Gasteiger partial charge in [-0.2, -0.15) is 0 Å². The van der Waals surface area contributed by atoms with Gasteiger partial charge < -0.3 is 25.2 Å². The molecule has 18 heavy (non-hydrogen) atoms. The molecule has 0 heterocycles. The van der Waals surface area contributed by atoms with E-state index < -0.39 is 12.4 Å². The lowest BCUT2D eigenvalue weighted by Crippen LogP contribution is -2.19. The predicted molar refractivity (Wildman–Crippen MR) is 69.1 cm³/mol. The van der Waals surface area contributed by atoms with Crippen molar-refractivity contribution in [2.75, 3.05) is 19.8 Å². The normalized spacial score (nSPS) is 13.2. The molecule has 5 nitrogen and oxygen atoms in total. The summed E-state index contributed by atoms with van der Waals surface area (Å²) in [6.45, 7) is 0.594. The fraction of sp³-hybridized carbons (Fsp3) is 1.00. The van der Waals surface area contributed by atoms with Gasteiger partial charge in [0, 0.05) is 6.61 Å². The van der Waals surface area contributed by atoms with Gasteiger partial charge in [-0.3, -0.25) is 0 Å². The number of aliphatic hydroxyl groups is 4. The van der Waals surface area contributed by atoms with Crippen LogP contribution in [0.5, 0.6) is 0 Å². The molecule has 0 saturated carbocycles. The van der Waals surface area contributed by atoms with Gasteiger partial charge in [0.05, 0.1) is 13.2 Å². The average Bonchev–Trinajstić information content (AvgIpc) is 2.35. The zero-order valence-corrected chi connectivity index (χ0v) is 11.1. The van der Waals surface area contributed by atoms with Crippen molar-refractivity contribution in [3.05, 3.63) is 0 Å². The first kappa shape index (κ1) is 17.8. The van der Waals surface area contributed by atoms with Crippen molar-refractivity contribution < 1.29 is 25.2 Å². The van der Waals surface area contributed by atoms with Gasteiger partial charge in [-0.15, -0.1) is 0 Å². The van der Waals surface area contributed by atoms with Crippen molar-refractivity contribution in [1.82, 2.24) is 0 Å². The van der Waals surface area contributed by atoms with Gasteiger partial charge in [0.2, 0.25) is 0 Å². The van der Waals surface area contributed by atoms with Crippen LogP contribution in [0.2, 0.25) is 0 Å². The number of unbranched alkanes of at least 4 members (excludes halogenated alkanes) is 6. The summed E-state index contributed by atoms with van der Waals surface area (Å²) < 4.78 is 5.19. The van der Waals surface area contributed by atoms with E-state index in [4.69, 9.17) is 25.2 Å². The molecule has 0 bridgehead atoms. The van der Waals surface area contributed by atoms with Gasteiger partial charge in [0.1, 0.15) is 6.10 Å². The lowest BCUT2D eigenvalue weighted by molar-refractivity contribution is -0.0466. The second kappa shape index (κ2) is 13.2. The fourth-order valence-corrected chi connectivity index (χ4v) is 1.69. The Morgan fingerprint density at radius 2 is 1.33 bits per heavy atom. The van der Waals surface area contributed by atoms with Crippen LogP contribution in [0.15, 0.2) is 0 Å². The molecule has 0 rings (SSSR count). The number of hydrogen-bond acceptors (Lipinski definition) is 5. The van der Waals surface area contributed by atoms with Crippen molar-refractivity contribution in [3.8, 4) is 0 Å².